The number of carboxylic acid groups (broad SMARTS) is 1. The summed E-state index contributed by atoms with van der Waals surface area (Å²) in [6.07, 6.45) is 0.678. The van der Waals surface area contributed by atoms with E-state index in [-0.39, 0.29) is 0 Å². The van der Waals surface area contributed by atoms with Crippen molar-refractivity contribution in [3.05, 3.63) is 34.4 Å². The van der Waals surface area contributed by atoms with E-state index in [2.05, 4.69) is 0 Å². The number of fused-ring (bicyclic) bond motifs is 1. The first-order valence-corrected chi connectivity index (χ1v) is 6.12. The van der Waals surface area contributed by atoms with E-state index in [1.165, 1.54) is 0 Å². The molecule has 0 aromatic heterocycles. The number of imide groups is 1. The van der Waals surface area contributed by atoms with Crippen LogP contribution in [0.4, 0.5) is 0 Å². The third-order valence-corrected chi connectivity index (χ3v) is 4.01. The maximum atomic E-state index is 12.4. The highest BCUT2D eigenvalue weighted by Gasteiger charge is 2.62. The summed E-state index contributed by atoms with van der Waals surface area (Å²) in [5.74, 6) is -2.04. The fraction of sp³-hybridized carbons (Fsp3) is 0.357. The summed E-state index contributed by atoms with van der Waals surface area (Å²) >= 11 is 0. The summed E-state index contributed by atoms with van der Waals surface area (Å²) in [4.78, 5) is 37.1. The lowest BCUT2D eigenvalue weighted by Gasteiger charge is -2.21. The quantitative estimate of drug-likeness (QED) is 0.817. The minimum atomic E-state index is -1.31. The minimum absolute atomic E-state index is 0.339. The maximum Gasteiger partial charge on any atom is 0.330 e. The fourth-order valence-electron chi connectivity index (χ4n) is 2.72. The first-order valence-electron chi connectivity index (χ1n) is 6.12. The molecule has 3 rings (SSSR count). The molecule has 1 heterocycles. The SMILES string of the molecule is Cc1ccc(C)c2c1C(=O)N(C1(C(=O)O)CC1)C2=O. The molecule has 0 atom stereocenters. The summed E-state index contributed by atoms with van der Waals surface area (Å²) in [6, 6.07) is 3.56. The molecule has 0 saturated heterocycles. The number of benzene rings is 1. The van der Waals surface area contributed by atoms with E-state index in [1.54, 1.807) is 26.0 Å². The normalized spacial score (nSPS) is 19.6. The summed E-state index contributed by atoms with van der Waals surface area (Å²) < 4.78 is 0. The van der Waals surface area contributed by atoms with Crippen LogP contribution in [0.2, 0.25) is 0 Å². The van der Waals surface area contributed by atoms with Crippen LogP contribution >= 0.6 is 0 Å². The van der Waals surface area contributed by atoms with Crippen LogP contribution in [0.15, 0.2) is 12.1 Å². The summed E-state index contributed by atoms with van der Waals surface area (Å²) in [7, 11) is 0. The zero-order chi connectivity index (χ0) is 13.9. The predicted molar refractivity (Wildman–Crippen MR) is 66.0 cm³/mol. The van der Waals surface area contributed by atoms with Crippen molar-refractivity contribution in [2.75, 3.05) is 0 Å². The largest absolute Gasteiger partial charge is 0.479 e. The van der Waals surface area contributed by atoms with Crippen molar-refractivity contribution in [2.45, 2.75) is 32.2 Å². The summed E-state index contributed by atoms with van der Waals surface area (Å²) in [6.45, 7) is 3.51. The van der Waals surface area contributed by atoms with Crippen LogP contribution in [-0.4, -0.2) is 33.3 Å². The molecule has 1 fully saturated rings. The van der Waals surface area contributed by atoms with Crippen LogP contribution in [0.5, 0.6) is 0 Å². The number of aliphatic carboxylic acids is 1. The highest BCUT2D eigenvalue weighted by molar-refractivity contribution is 6.24. The van der Waals surface area contributed by atoms with Crippen molar-refractivity contribution in [2.24, 2.45) is 0 Å². The standard InChI is InChI=1S/C14H13NO4/c1-7-3-4-8(2)10-9(7)11(16)15(12(10)17)14(5-6-14)13(18)19/h3-4H,5-6H2,1-2H3,(H,18,19). The van der Waals surface area contributed by atoms with E-state index < -0.39 is 23.3 Å². The van der Waals surface area contributed by atoms with E-state index in [4.69, 9.17) is 0 Å². The van der Waals surface area contributed by atoms with Crippen LogP contribution < -0.4 is 0 Å². The van der Waals surface area contributed by atoms with Gasteiger partial charge in [-0.15, -0.1) is 0 Å². The van der Waals surface area contributed by atoms with Crippen LogP contribution in [0.3, 0.4) is 0 Å². The molecule has 0 unspecified atom stereocenters. The molecule has 0 radical (unpaired) electrons. The second-order valence-corrected chi connectivity index (χ2v) is 5.23. The molecule has 0 bridgehead atoms. The average Bonchev–Trinajstić information content (AvgIpc) is 3.08. The molecule has 5 heteroatoms. The van der Waals surface area contributed by atoms with Crippen LogP contribution in [-0.2, 0) is 4.79 Å². The Balaban J connectivity index is 2.19. The average molecular weight is 259 g/mol. The number of amides is 2. The lowest BCUT2D eigenvalue weighted by atomic mass is 9.99. The van der Waals surface area contributed by atoms with Gasteiger partial charge in [-0.2, -0.15) is 0 Å². The Labute approximate surface area is 109 Å². The molecule has 1 N–H and O–H groups in total. The lowest BCUT2D eigenvalue weighted by molar-refractivity contribution is -0.143. The number of hydrogen-bond acceptors (Lipinski definition) is 3. The van der Waals surface area contributed by atoms with E-state index >= 15 is 0 Å². The van der Waals surface area contributed by atoms with Crippen molar-refractivity contribution < 1.29 is 19.5 Å². The number of nitrogens with zero attached hydrogens (tertiary/aromatic N) is 1. The Morgan fingerprint density at radius 3 is 1.84 bits per heavy atom. The Kier molecular flexibility index (Phi) is 2.15. The molecule has 1 saturated carbocycles. The van der Waals surface area contributed by atoms with Gasteiger partial charge in [-0.3, -0.25) is 14.5 Å². The first-order chi connectivity index (χ1) is 8.90. The molecule has 98 valence electrons. The van der Waals surface area contributed by atoms with E-state index in [9.17, 15) is 19.5 Å². The van der Waals surface area contributed by atoms with Crippen LogP contribution in [0.1, 0.15) is 44.7 Å². The molecular weight excluding hydrogens is 246 g/mol. The van der Waals surface area contributed by atoms with Gasteiger partial charge in [-0.25, -0.2) is 4.79 Å². The van der Waals surface area contributed by atoms with Crippen molar-refractivity contribution in [1.82, 2.24) is 4.90 Å². The summed E-state index contributed by atoms with van der Waals surface area (Å²) in [5, 5.41) is 9.27. The zero-order valence-corrected chi connectivity index (χ0v) is 10.7. The van der Waals surface area contributed by atoms with Gasteiger partial charge in [-0.05, 0) is 37.8 Å². The molecule has 19 heavy (non-hydrogen) atoms. The van der Waals surface area contributed by atoms with Gasteiger partial charge in [0.05, 0.1) is 11.1 Å². The molecule has 2 aliphatic rings. The number of hydrogen-bond donors (Lipinski definition) is 1. The number of rotatable bonds is 2. The fourth-order valence-corrected chi connectivity index (χ4v) is 2.72. The van der Waals surface area contributed by atoms with E-state index in [1.807, 2.05) is 0 Å². The third kappa shape index (κ3) is 1.32. The van der Waals surface area contributed by atoms with E-state index in [0.717, 1.165) is 4.90 Å². The number of aryl methyl sites for hydroxylation is 2. The predicted octanol–water partition coefficient (Wildman–Crippen LogP) is 1.52. The Morgan fingerprint density at radius 1 is 1.11 bits per heavy atom. The molecule has 1 aromatic carbocycles. The molecule has 1 aromatic rings. The Morgan fingerprint density at radius 2 is 1.53 bits per heavy atom. The molecule has 2 amide bonds. The smallest absolute Gasteiger partial charge is 0.330 e. The summed E-state index contributed by atoms with van der Waals surface area (Å²) in [5.41, 5.74) is 0.826. The topological polar surface area (TPSA) is 74.7 Å². The van der Waals surface area contributed by atoms with Gasteiger partial charge >= 0.3 is 5.97 Å². The van der Waals surface area contributed by atoms with Gasteiger partial charge in [0.15, 0.2) is 0 Å². The number of carbonyl (C=O) groups excluding carboxylic acids is 2. The third-order valence-electron chi connectivity index (χ3n) is 4.01. The van der Waals surface area contributed by atoms with Crippen molar-refractivity contribution >= 4 is 17.8 Å². The minimum Gasteiger partial charge on any atom is -0.479 e. The van der Waals surface area contributed by atoms with Gasteiger partial charge < -0.3 is 5.11 Å². The highest BCUT2D eigenvalue weighted by Crippen LogP contribution is 2.46. The number of carbonyl (C=O) groups is 3. The second kappa shape index (κ2) is 3.44. The highest BCUT2D eigenvalue weighted by atomic mass is 16.4. The van der Waals surface area contributed by atoms with Crippen molar-refractivity contribution in [3.63, 3.8) is 0 Å². The monoisotopic (exact) mass is 259 g/mol. The van der Waals surface area contributed by atoms with Crippen molar-refractivity contribution in [3.8, 4) is 0 Å². The van der Waals surface area contributed by atoms with Gasteiger partial charge in [0.25, 0.3) is 11.8 Å². The Bertz CT molecular complexity index is 602. The van der Waals surface area contributed by atoms with Gasteiger partial charge in [0, 0.05) is 0 Å². The molecule has 1 aliphatic heterocycles. The van der Waals surface area contributed by atoms with Gasteiger partial charge in [0.1, 0.15) is 5.54 Å². The molecule has 1 aliphatic carbocycles. The lowest BCUT2D eigenvalue weighted by Crippen LogP contribution is -2.47. The Hall–Kier alpha value is -2.17. The number of carboxylic acids is 1. The van der Waals surface area contributed by atoms with Crippen molar-refractivity contribution in [1.29, 1.82) is 0 Å². The molecular formula is C14H13NO4. The van der Waals surface area contributed by atoms with Gasteiger partial charge in [-0.1, -0.05) is 12.1 Å². The molecule has 5 nitrogen and oxygen atoms in total. The second-order valence-electron chi connectivity index (χ2n) is 5.23. The zero-order valence-electron chi connectivity index (χ0n) is 10.7. The maximum absolute atomic E-state index is 12.4. The van der Waals surface area contributed by atoms with Gasteiger partial charge in [0.2, 0.25) is 0 Å². The van der Waals surface area contributed by atoms with Crippen LogP contribution in [0, 0.1) is 13.8 Å². The van der Waals surface area contributed by atoms with E-state index in [0.29, 0.717) is 35.1 Å². The first kappa shape index (κ1) is 11.9. The van der Waals surface area contributed by atoms with Crippen LogP contribution in [0.25, 0.3) is 0 Å². The molecule has 0 spiro atoms.